The van der Waals surface area contributed by atoms with Crippen molar-refractivity contribution < 1.29 is 0 Å². The van der Waals surface area contributed by atoms with Crippen LogP contribution in [0.4, 0.5) is 5.69 Å². The van der Waals surface area contributed by atoms with E-state index in [0.717, 1.165) is 5.69 Å². The summed E-state index contributed by atoms with van der Waals surface area (Å²) in [7, 11) is 0. The molecule has 56 valence electrons. The number of nitrogens with one attached hydrogen (secondary N) is 1. The van der Waals surface area contributed by atoms with Gasteiger partial charge in [0.15, 0.2) is 0 Å². The average molecular weight is 147 g/mol. The molecule has 1 atom stereocenters. The monoisotopic (exact) mass is 147 g/mol. The van der Waals surface area contributed by atoms with Crippen molar-refractivity contribution in [3.05, 3.63) is 24.0 Å². The van der Waals surface area contributed by atoms with Crippen molar-refractivity contribution in [3.8, 4) is 0 Å². The molecule has 1 unspecified atom stereocenters. The lowest BCUT2D eigenvalue weighted by atomic mass is 10.1. The largest absolute Gasteiger partial charge is 0.345 e. The lowest BCUT2D eigenvalue weighted by Gasteiger charge is -2.16. The van der Waals surface area contributed by atoms with Gasteiger partial charge >= 0.3 is 0 Å². The summed E-state index contributed by atoms with van der Waals surface area (Å²) in [5.74, 6) is 0. The zero-order valence-electron chi connectivity index (χ0n) is 6.28. The Hall–Kier alpha value is -1.38. The number of hydrogen-bond donors (Lipinski definition) is 1. The lowest BCUT2D eigenvalue weighted by molar-refractivity contribution is 0.815. The molecule has 0 saturated carbocycles. The van der Waals surface area contributed by atoms with Crippen molar-refractivity contribution in [2.45, 2.75) is 13.0 Å². The summed E-state index contributed by atoms with van der Waals surface area (Å²) in [6.07, 6.45) is 5.32. The maximum Gasteiger partial charge on any atom is 0.0875 e. The second-order valence-electron chi connectivity index (χ2n) is 2.56. The van der Waals surface area contributed by atoms with E-state index >= 15 is 0 Å². The fourth-order valence-electron chi connectivity index (χ4n) is 1.19. The Bertz CT molecular complexity index is 293. The van der Waals surface area contributed by atoms with Crippen LogP contribution < -0.4 is 5.32 Å². The summed E-state index contributed by atoms with van der Waals surface area (Å²) in [6.45, 7) is 2.07. The van der Waals surface area contributed by atoms with Crippen molar-refractivity contribution in [3.63, 3.8) is 0 Å². The molecule has 3 nitrogen and oxygen atoms in total. The van der Waals surface area contributed by atoms with E-state index in [1.165, 1.54) is 5.56 Å². The third kappa shape index (κ3) is 0.981. The van der Waals surface area contributed by atoms with Gasteiger partial charge in [-0.3, -0.25) is 9.98 Å². The zero-order valence-corrected chi connectivity index (χ0v) is 6.28. The van der Waals surface area contributed by atoms with Gasteiger partial charge in [0.05, 0.1) is 24.3 Å². The molecule has 0 saturated heterocycles. The minimum Gasteiger partial charge on any atom is -0.345 e. The number of nitrogens with zero attached hydrogens (tertiary/aromatic N) is 2. The molecule has 1 aliphatic heterocycles. The van der Waals surface area contributed by atoms with Gasteiger partial charge in [-0.05, 0) is 13.0 Å². The van der Waals surface area contributed by atoms with Crippen LogP contribution >= 0.6 is 0 Å². The van der Waals surface area contributed by atoms with E-state index in [2.05, 4.69) is 22.2 Å². The molecule has 11 heavy (non-hydrogen) atoms. The first kappa shape index (κ1) is 6.34. The molecular formula is C8H9N3. The number of anilines is 1. The van der Waals surface area contributed by atoms with E-state index < -0.39 is 0 Å². The van der Waals surface area contributed by atoms with Gasteiger partial charge in [0.25, 0.3) is 0 Å². The van der Waals surface area contributed by atoms with E-state index in [9.17, 15) is 0 Å². The van der Waals surface area contributed by atoms with Crippen LogP contribution in [0.5, 0.6) is 0 Å². The smallest absolute Gasteiger partial charge is 0.0875 e. The normalized spacial score (nSPS) is 20.6. The van der Waals surface area contributed by atoms with Crippen LogP contribution in [0.15, 0.2) is 23.5 Å². The van der Waals surface area contributed by atoms with Crippen LogP contribution in [0.2, 0.25) is 0 Å². The Morgan fingerprint density at radius 3 is 3.27 bits per heavy atom. The van der Waals surface area contributed by atoms with E-state index in [1.54, 1.807) is 12.5 Å². The van der Waals surface area contributed by atoms with Crippen molar-refractivity contribution in [1.82, 2.24) is 4.98 Å². The molecule has 0 fully saturated rings. The molecule has 3 heteroatoms. The van der Waals surface area contributed by atoms with Gasteiger partial charge in [-0.1, -0.05) is 0 Å². The lowest BCUT2D eigenvalue weighted by Crippen LogP contribution is -2.08. The molecule has 0 aromatic carbocycles. The minimum atomic E-state index is 0.259. The van der Waals surface area contributed by atoms with Gasteiger partial charge in [-0.15, -0.1) is 0 Å². The summed E-state index contributed by atoms with van der Waals surface area (Å²) in [6, 6.07) is 2.25. The van der Waals surface area contributed by atoms with E-state index in [0.29, 0.717) is 0 Å². The number of aromatic nitrogens is 1. The summed E-state index contributed by atoms with van der Waals surface area (Å²) in [4.78, 5) is 8.22. The summed E-state index contributed by atoms with van der Waals surface area (Å²) < 4.78 is 0. The van der Waals surface area contributed by atoms with Crippen LogP contribution in [-0.4, -0.2) is 11.3 Å². The summed E-state index contributed by atoms with van der Waals surface area (Å²) in [5.41, 5.74) is 2.28. The van der Waals surface area contributed by atoms with Crippen LogP contribution in [0.3, 0.4) is 0 Å². The van der Waals surface area contributed by atoms with Gasteiger partial charge in [-0.2, -0.15) is 0 Å². The average Bonchev–Trinajstić information content (AvgIpc) is 2.06. The molecule has 0 bridgehead atoms. The van der Waals surface area contributed by atoms with Gasteiger partial charge in [-0.25, -0.2) is 0 Å². The highest BCUT2D eigenvalue weighted by molar-refractivity contribution is 5.79. The number of aliphatic imine (C=N–C) groups is 1. The predicted molar refractivity (Wildman–Crippen MR) is 44.8 cm³/mol. The van der Waals surface area contributed by atoms with Gasteiger partial charge in [0, 0.05) is 11.8 Å². The summed E-state index contributed by atoms with van der Waals surface area (Å²) in [5, 5.41) is 3.04. The Labute approximate surface area is 65.2 Å². The van der Waals surface area contributed by atoms with Gasteiger partial charge < -0.3 is 5.32 Å². The Balaban J connectivity index is 2.50. The van der Waals surface area contributed by atoms with E-state index in [-0.39, 0.29) is 6.04 Å². The fraction of sp³-hybridized carbons (Fsp3) is 0.250. The standard InChI is InChI=1S/C8H9N3/c1-6-7-2-3-9-4-8(7)11-5-10-6/h2-6H,1H3,(H,10,11). The highest BCUT2D eigenvalue weighted by atomic mass is 15.0. The highest BCUT2D eigenvalue weighted by Gasteiger charge is 2.10. The van der Waals surface area contributed by atoms with Crippen LogP contribution in [0, 0.1) is 0 Å². The molecular weight excluding hydrogens is 138 g/mol. The third-order valence-corrected chi connectivity index (χ3v) is 1.82. The second-order valence-corrected chi connectivity index (χ2v) is 2.56. The minimum absolute atomic E-state index is 0.259. The van der Waals surface area contributed by atoms with Gasteiger partial charge in [0.2, 0.25) is 0 Å². The molecule has 1 aliphatic rings. The molecule has 2 heterocycles. The van der Waals surface area contributed by atoms with Crippen LogP contribution in [0.25, 0.3) is 0 Å². The van der Waals surface area contributed by atoms with E-state index in [4.69, 9.17) is 0 Å². The zero-order chi connectivity index (χ0) is 7.68. The number of rotatable bonds is 0. The SMILES string of the molecule is CC1N=CNc2cnccc21. The Morgan fingerprint density at radius 2 is 2.45 bits per heavy atom. The predicted octanol–water partition coefficient (Wildman–Crippen LogP) is 1.60. The van der Waals surface area contributed by atoms with E-state index in [1.807, 2.05) is 12.3 Å². The molecule has 1 N–H and O–H groups in total. The highest BCUT2D eigenvalue weighted by Crippen LogP contribution is 2.25. The third-order valence-electron chi connectivity index (χ3n) is 1.82. The molecule has 1 aromatic heterocycles. The van der Waals surface area contributed by atoms with Crippen molar-refractivity contribution >= 4 is 12.0 Å². The summed E-state index contributed by atoms with van der Waals surface area (Å²) >= 11 is 0. The van der Waals surface area contributed by atoms with Crippen LogP contribution in [0.1, 0.15) is 18.5 Å². The molecule has 0 radical (unpaired) electrons. The molecule has 2 rings (SSSR count). The van der Waals surface area contributed by atoms with Crippen molar-refractivity contribution in [2.75, 3.05) is 5.32 Å². The Morgan fingerprint density at radius 1 is 1.55 bits per heavy atom. The number of hydrogen-bond acceptors (Lipinski definition) is 3. The topological polar surface area (TPSA) is 37.3 Å². The number of pyridine rings is 1. The van der Waals surface area contributed by atoms with Crippen molar-refractivity contribution in [1.29, 1.82) is 0 Å². The molecule has 0 aliphatic carbocycles. The maximum absolute atomic E-state index is 4.21. The van der Waals surface area contributed by atoms with Crippen LogP contribution in [-0.2, 0) is 0 Å². The molecule has 0 spiro atoms. The molecule has 1 aromatic rings. The Kier molecular flexibility index (Phi) is 1.35. The second kappa shape index (κ2) is 2.34. The van der Waals surface area contributed by atoms with Gasteiger partial charge in [0.1, 0.15) is 0 Å². The quantitative estimate of drug-likeness (QED) is 0.605. The first-order valence-electron chi connectivity index (χ1n) is 3.60. The van der Waals surface area contributed by atoms with Crippen molar-refractivity contribution in [2.24, 2.45) is 4.99 Å². The fourth-order valence-corrected chi connectivity index (χ4v) is 1.19. The first-order valence-corrected chi connectivity index (χ1v) is 3.60. The maximum atomic E-state index is 4.21. The number of fused-ring (bicyclic) bond motifs is 1. The first-order chi connectivity index (χ1) is 5.38. The molecule has 0 amide bonds.